The average Bonchev–Trinajstić information content (AvgIpc) is 2.37. The summed E-state index contributed by atoms with van der Waals surface area (Å²) in [5.74, 6) is 0.740. The summed E-state index contributed by atoms with van der Waals surface area (Å²) in [4.78, 5) is 3.74. The van der Waals surface area contributed by atoms with Gasteiger partial charge < -0.3 is 15.5 Å². The van der Waals surface area contributed by atoms with Crippen molar-refractivity contribution in [3.05, 3.63) is 24.6 Å². The predicted molar refractivity (Wildman–Crippen MR) is 42.8 cm³/mol. The maximum Gasteiger partial charge on any atom is 0.292 e. The molecule has 3 N–H and O–H groups in total. The normalized spacial score (nSPS) is 9.82. The zero-order valence-electron chi connectivity index (χ0n) is 6.21. The molecular weight excluding hydrogens is 142 g/mol. The Labute approximate surface area is 65.1 Å². The van der Waals surface area contributed by atoms with E-state index in [4.69, 9.17) is 10.2 Å². The molecule has 0 saturated heterocycles. The molecule has 0 unspecified atom stereocenters. The lowest BCUT2D eigenvalue weighted by atomic mass is 10.5. The molecule has 0 saturated carbocycles. The smallest absolute Gasteiger partial charge is 0.292 e. The monoisotopic (exact) mass is 153 g/mol. The van der Waals surface area contributed by atoms with Crippen LogP contribution in [0.25, 0.3) is 0 Å². The molecule has 1 rings (SSSR count). The summed E-state index contributed by atoms with van der Waals surface area (Å²) in [6.07, 6.45) is 3.38. The molecule has 4 nitrogen and oxygen atoms in total. The first-order chi connectivity index (χ1) is 5.33. The highest BCUT2D eigenvalue weighted by molar-refractivity contribution is 5.10. The van der Waals surface area contributed by atoms with Crippen LogP contribution in [0.1, 0.15) is 5.76 Å². The van der Waals surface area contributed by atoms with Gasteiger partial charge in [-0.25, -0.2) is 4.98 Å². The topological polar surface area (TPSA) is 64.1 Å². The zero-order chi connectivity index (χ0) is 8.10. The maximum atomic E-state index is 5.26. The number of oxazole rings is 1. The van der Waals surface area contributed by atoms with Crippen LogP contribution in [0.4, 0.5) is 6.01 Å². The van der Waals surface area contributed by atoms with E-state index in [-0.39, 0.29) is 6.01 Å². The fourth-order valence-corrected chi connectivity index (χ4v) is 0.702. The molecule has 0 aromatic carbocycles. The molecule has 60 valence electrons. The van der Waals surface area contributed by atoms with Crippen molar-refractivity contribution in [2.75, 3.05) is 12.3 Å². The van der Waals surface area contributed by atoms with Gasteiger partial charge in [-0.2, -0.15) is 0 Å². The molecule has 0 fully saturated rings. The highest BCUT2D eigenvalue weighted by Crippen LogP contribution is 2.02. The molecule has 0 atom stereocenters. The Morgan fingerprint density at radius 1 is 1.82 bits per heavy atom. The van der Waals surface area contributed by atoms with Crippen molar-refractivity contribution in [3.8, 4) is 0 Å². The van der Waals surface area contributed by atoms with Crippen LogP contribution >= 0.6 is 0 Å². The highest BCUT2D eigenvalue weighted by Gasteiger charge is 1.97. The van der Waals surface area contributed by atoms with Gasteiger partial charge in [0.05, 0.1) is 12.7 Å². The quantitative estimate of drug-likeness (QED) is 0.489. The van der Waals surface area contributed by atoms with Crippen molar-refractivity contribution in [1.82, 2.24) is 10.3 Å². The summed E-state index contributed by atoms with van der Waals surface area (Å²) in [5.41, 5.74) is 5.26. The molecule has 0 aliphatic rings. The van der Waals surface area contributed by atoms with Crippen molar-refractivity contribution in [2.24, 2.45) is 0 Å². The number of hydrogen-bond donors (Lipinski definition) is 2. The van der Waals surface area contributed by atoms with E-state index in [1.54, 1.807) is 12.3 Å². The summed E-state index contributed by atoms with van der Waals surface area (Å²) in [6.45, 7) is 4.95. The van der Waals surface area contributed by atoms with Gasteiger partial charge in [0.25, 0.3) is 6.01 Å². The molecular formula is C7H11N3O. The summed E-state index contributed by atoms with van der Waals surface area (Å²) >= 11 is 0. The van der Waals surface area contributed by atoms with E-state index < -0.39 is 0 Å². The number of nitrogen functional groups attached to an aromatic ring is 1. The van der Waals surface area contributed by atoms with Gasteiger partial charge in [-0.3, -0.25) is 0 Å². The molecule has 0 aliphatic carbocycles. The summed E-state index contributed by atoms with van der Waals surface area (Å²) in [6, 6.07) is 0.209. The minimum Gasteiger partial charge on any atom is -0.428 e. The number of aromatic nitrogens is 1. The van der Waals surface area contributed by atoms with E-state index in [0.29, 0.717) is 6.54 Å². The summed E-state index contributed by atoms with van der Waals surface area (Å²) in [7, 11) is 0. The van der Waals surface area contributed by atoms with Gasteiger partial charge in [0.1, 0.15) is 5.76 Å². The third-order valence-electron chi connectivity index (χ3n) is 1.16. The second-order valence-electron chi connectivity index (χ2n) is 2.08. The lowest BCUT2D eigenvalue weighted by molar-refractivity contribution is 0.503. The van der Waals surface area contributed by atoms with Crippen molar-refractivity contribution in [1.29, 1.82) is 0 Å². The third-order valence-corrected chi connectivity index (χ3v) is 1.16. The van der Waals surface area contributed by atoms with Gasteiger partial charge in [0, 0.05) is 6.54 Å². The number of nitrogens with one attached hydrogen (secondary N) is 1. The van der Waals surface area contributed by atoms with Crippen LogP contribution in [0.15, 0.2) is 23.3 Å². The number of nitrogens with zero attached hydrogens (tertiary/aromatic N) is 1. The van der Waals surface area contributed by atoms with Crippen LogP contribution in [0.5, 0.6) is 0 Å². The van der Waals surface area contributed by atoms with E-state index in [1.807, 2.05) is 0 Å². The molecule has 1 aromatic rings. The van der Waals surface area contributed by atoms with Crippen LogP contribution in [0, 0.1) is 0 Å². The van der Waals surface area contributed by atoms with Crippen molar-refractivity contribution >= 4 is 6.01 Å². The molecule has 11 heavy (non-hydrogen) atoms. The van der Waals surface area contributed by atoms with Crippen molar-refractivity contribution in [3.63, 3.8) is 0 Å². The van der Waals surface area contributed by atoms with E-state index in [2.05, 4.69) is 16.9 Å². The van der Waals surface area contributed by atoms with Gasteiger partial charge in [-0.1, -0.05) is 6.08 Å². The van der Waals surface area contributed by atoms with Gasteiger partial charge in [-0.05, 0) is 0 Å². The molecule has 0 aliphatic heterocycles. The largest absolute Gasteiger partial charge is 0.428 e. The third kappa shape index (κ3) is 2.43. The Hall–Kier alpha value is -1.29. The minimum atomic E-state index is 0.209. The van der Waals surface area contributed by atoms with Gasteiger partial charge in [0.15, 0.2) is 0 Å². The first-order valence-electron chi connectivity index (χ1n) is 3.34. The second-order valence-corrected chi connectivity index (χ2v) is 2.08. The lowest BCUT2D eigenvalue weighted by Crippen LogP contribution is -2.11. The Kier molecular flexibility index (Phi) is 2.68. The fraction of sp³-hybridized carbons (Fsp3) is 0.286. The summed E-state index contributed by atoms with van der Waals surface area (Å²) in [5, 5.41) is 3.06. The minimum absolute atomic E-state index is 0.209. The number of nitrogens with two attached hydrogens (primary N) is 1. The van der Waals surface area contributed by atoms with Gasteiger partial charge >= 0.3 is 0 Å². The molecule has 0 amide bonds. The van der Waals surface area contributed by atoms with E-state index >= 15 is 0 Å². The second kappa shape index (κ2) is 3.78. The van der Waals surface area contributed by atoms with Crippen molar-refractivity contribution in [2.45, 2.75) is 6.54 Å². The predicted octanol–water partition coefficient (Wildman–Crippen LogP) is 0.532. The average molecular weight is 153 g/mol. The Morgan fingerprint density at radius 3 is 3.18 bits per heavy atom. The standard InChI is InChI=1S/C7H11N3O/c1-2-3-9-4-6-5-10-7(8)11-6/h2,5,9H,1,3-4H2,(H2,8,10). The van der Waals surface area contributed by atoms with Crippen molar-refractivity contribution < 1.29 is 4.42 Å². The molecule has 0 spiro atoms. The number of rotatable bonds is 4. The molecule has 0 radical (unpaired) electrons. The van der Waals surface area contributed by atoms with Gasteiger partial charge in [-0.15, -0.1) is 6.58 Å². The highest BCUT2D eigenvalue weighted by atomic mass is 16.4. The van der Waals surface area contributed by atoms with Crippen LogP contribution in [0.3, 0.4) is 0 Å². The summed E-state index contributed by atoms with van der Waals surface area (Å²) < 4.78 is 5.00. The molecule has 0 bridgehead atoms. The first-order valence-corrected chi connectivity index (χ1v) is 3.34. The Morgan fingerprint density at radius 2 is 2.64 bits per heavy atom. The van der Waals surface area contributed by atoms with Crippen LogP contribution in [-0.4, -0.2) is 11.5 Å². The fourth-order valence-electron chi connectivity index (χ4n) is 0.702. The first kappa shape index (κ1) is 7.81. The van der Waals surface area contributed by atoms with E-state index in [9.17, 15) is 0 Å². The molecule has 4 heteroatoms. The lowest BCUT2D eigenvalue weighted by Gasteiger charge is -1.94. The number of hydrogen-bond acceptors (Lipinski definition) is 4. The SMILES string of the molecule is C=CCNCc1cnc(N)o1. The Bertz CT molecular complexity index is 231. The van der Waals surface area contributed by atoms with E-state index in [1.165, 1.54) is 0 Å². The van der Waals surface area contributed by atoms with Crippen LogP contribution in [0.2, 0.25) is 0 Å². The Balaban J connectivity index is 2.32. The molecule has 1 aromatic heterocycles. The van der Waals surface area contributed by atoms with Crippen LogP contribution < -0.4 is 11.1 Å². The zero-order valence-corrected chi connectivity index (χ0v) is 6.21. The maximum absolute atomic E-state index is 5.26. The van der Waals surface area contributed by atoms with Crippen LogP contribution in [-0.2, 0) is 6.54 Å². The molecule has 1 heterocycles. The van der Waals surface area contributed by atoms with Gasteiger partial charge in [0.2, 0.25) is 0 Å². The number of anilines is 1. The van der Waals surface area contributed by atoms with E-state index in [0.717, 1.165) is 12.3 Å².